The molecule has 0 unspecified atom stereocenters. The molecule has 5 heteroatoms. The van der Waals surface area contributed by atoms with Crippen LogP contribution in [0.5, 0.6) is 23.0 Å². The highest BCUT2D eigenvalue weighted by atomic mass is 31.2. The molecule has 4 rings (SSSR count). The fraction of sp³-hybridized carbons (Fsp3) is 0.314. The number of benzene rings is 4. The molecule has 0 heterocycles. The maximum Gasteiger partial charge on any atom is 0.204 e. The van der Waals surface area contributed by atoms with Gasteiger partial charge in [-0.2, -0.15) is 0 Å². The molecular weight excluding hydrogens is 515 g/mol. The van der Waals surface area contributed by atoms with Crippen molar-refractivity contribution in [1.82, 2.24) is 0 Å². The molecule has 210 valence electrons. The van der Waals surface area contributed by atoms with E-state index < -0.39 is 18.8 Å². The normalized spacial score (nSPS) is 11.5. The van der Waals surface area contributed by atoms with Crippen LogP contribution in [0.25, 0.3) is 0 Å². The molecule has 0 amide bonds. The fourth-order valence-corrected chi connectivity index (χ4v) is 10.2. The summed E-state index contributed by atoms with van der Waals surface area (Å²) in [5.41, 5.74) is 0.933. The molecule has 0 aliphatic rings. The molecule has 4 N–H and O–H groups in total. The minimum atomic E-state index is -1.74. The minimum absolute atomic E-state index is 0.326. The summed E-state index contributed by atoms with van der Waals surface area (Å²) in [5.74, 6) is -1.98. The monoisotopic (exact) mass is 557 g/mol. The standard InChI is InChI=1S/C35H41O4P/c1-27-31(33(37)35(39)34(38)32(27)36)25-17-6-4-2-3-5-7-18-26-40(28-19-11-8-12-20-28,29-21-13-9-14-22-29)30-23-15-10-16-24-30/h8-16,19-24H,2-7,17-18,25-26H2,1H3,(H3-,36,37,38,39)/p+1. The number of rotatable bonds is 14. The highest BCUT2D eigenvalue weighted by Crippen LogP contribution is 2.56. The van der Waals surface area contributed by atoms with Gasteiger partial charge in [0.1, 0.15) is 23.2 Å². The summed E-state index contributed by atoms with van der Waals surface area (Å²) >= 11 is 0. The second-order valence-electron chi connectivity index (χ2n) is 10.6. The first-order valence-corrected chi connectivity index (χ1v) is 16.4. The van der Waals surface area contributed by atoms with Crippen LogP contribution in [0.3, 0.4) is 0 Å². The summed E-state index contributed by atoms with van der Waals surface area (Å²) in [6.45, 7) is 1.65. The topological polar surface area (TPSA) is 80.9 Å². The SMILES string of the molecule is Cc1c(O)c(O)c(O)c(O)c1CCCCCCCCCC[P+](c1ccccc1)(c1ccccc1)c1ccccc1. The molecule has 40 heavy (non-hydrogen) atoms. The Hall–Kier alpha value is -3.49. The van der Waals surface area contributed by atoms with Crippen molar-refractivity contribution in [3.63, 3.8) is 0 Å². The van der Waals surface area contributed by atoms with Gasteiger partial charge in [-0.3, -0.25) is 0 Å². The third-order valence-electron chi connectivity index (χ3n) is 8.03. The Balaban J connectivity index is 1.29. The van der Waals surface area contributed by atoms with Crippen molar-refractivity contribution in [1.29, 1.82) is 0 Å². The van der Waals surface area contributed by atoms with Crippen LogP contribution in [0.15, 0.2) is 91.0 Å². The van der Waals surface area contributed by atoms with Gasteiger partial charge in [-0.1, -0.05) is 86.7 Å². The van der Waals surface area contributed by atoms with Gasteiger partial charge in [-0.25, -0.2) is 0 Å². The van der Waals surface area contributed by atoms with Crippen molar-refractivity contribution in [2.24, 2.45) is 0 Å². The van der Waals surface area contributed by atoms with Crippen molar-refractivity contribution >= 4 is 23.2 Å². The zero-order valence-corrected chi connectivity index (χ0v) is 24.4. The molecule has 4 aromatic carbocycles. The molecule has 4 nitrogen and oxygen atoms in total. The lowest BCUT2D eigenvalue weighted by Gasteiger charge is -2.27. The first kappa shape index (κ1) is 29.5. The van der Waals surface area contributed by atoms with E-state index in [1.54, 1.807) is 6.92 Å². The van der Waals surface area contributed by atoms with Gasteiger partial charge in [0.05, 0.1) is 6.16 Å². The number of phenols is 4. The maximum atomic E-state index is 10.2. The van der Waals surface area contributed by atoms with Crippen LogP contribution < -0.4 is 15.9 Å². The van der Waals surface area contributed by atoms with E-state index in [2.05, 4.69) is 91.0 Å². The second kappa shape index (κ2) is 14.2. The Morgan fingerprint density at radius 2 is 0.825 bits per heavy atom. The van der Waals surface area contributed by atoms with Crippen molar-refractivity contribution in [2.45, 2.75) is 64.7 Å². The molecule has 0 fully saturated rings. The minimum Gasteiger partial charge on any atom is -0.504 e. The first-order valence-electron chi connectivity index (χ1n) is 14.5. The summed E-state index contributed by atoms with van der Waals surface area (Å²) in [5, 5.41) is 44.0. The predicted molar refractivity (Wildman–Crippen MR) is 168 cm³/mol. The van der Waals surface area contributed by atoms with Crippen LogP contribution in [0.4, 0.5) is 0 Å². The number of aromatic hydroxyl groups is 4. The quantitative estimate of drug-likeness (QED) is 0.0561. The summed E-state index contributed by atoms with van der Waals surface area (Å²) in [4.78, 5) is 0. The fourth-order valence-electron chi connectivity index (χ4n) is 5.76. The van der Waals surface area contributed by atoms with E-state index in [1.165, 1.54) is 54.2 Å². The van der Waals surface area contributed by atoms with Gasteiger partial charge in [0.2, 0.25) is 11.5 Å². The summed E-state index contributed by atoms with van der Waals surface area (Å²) in [7, 11) is -1.74. The molecule has 0 spiro atoms. The lowest BCUT2D eigenvalue weighted by atomic mass is 9.98. The molecule has 4 aromatic rings. The van der Waals surface area contributed by atoms with Crippen LogP contribution >= 0.6 is 7.26 Å². The van der Waals surface area contributed by atoms with E-state index in [9.17, 15) is 20.4 Å². The lowest BCUT2D eigenvalue weighted by Crippen LogP contribution is -2.33. The smallest absolute Gasteiger partial charge is 0.204 e. The van der Waals surface area contributed by atoms with Crippen LogP contribution in [-0.2, 0) is 6.42 Å². The zero-order valence-electron chi connectivity index (χ0n) is 23.5. The van der Waals surface area contributed by atoms with Crippen molar-refractivity contribution in [3.05, 3.63) is 102 Å². The largest absolute Gasteiger partial charge is 0.504 e. The van der Waals surface area contributed by atoms with E-state index in [1.807, 2.05) is 0 Å². The molecule has 0 saturated heterocycles. The number of unbranched alkanes of at least 4 members (excludes halogenated alkanes) is 7. The third kappa shape index (κ3) is 6.62. The van der Waals surface area contributed by atoms with Crippen LogP contribution in [0.2, 0.25) is 0 Å². The average Bonchev–Trinajstić information content (AvgIpc) is 3.01. The van der Waals surface area contributed by atoms with Gasteiger partial charge in [0.25, 0.3) is 0 Å². The van der Waals surface area contributed by atoms with E-state index in [4.69, 9.17) is 0 Å². The first-order chi connectivity index (χ1) is 19.5. The Morgan fingerprint density at radius 3 is 1.27 bits per heavy atom. The van der Waals surface area contributed by atoms with Crippen molar-refractivity contribution in [3.8, 4) is 23.0 Å². The van der Waals surface area contributed by atoms with Gasteiger partial charge in [0.15, 0.2) is 11.5 Å². The van der Waals surface area contributed by atoms with Gasteiger partial charge in [0, 0.05) is 11.1 Å². The van der Waals surface area contributed by atoms with E-state index in [0.717, 1.165) is 19.3 Å². The van der Waals surface area contributed by atoms with E-state index in [0.29, 0.717) is 17.5 Å². The Morgan fingerprint density at radius 1 is 0.450 bits per heavy atom. The molecule has 0 atom stereocenters. The number of hydrogen-bond donors (Lipinski definition) is 4. The number of hydrogen-bond acceptors (Lipinski definition) is 4. The Bertz CT molecular complexity index is 1210. The molecule has 0 saturated carbocycles. The van der Waals surface area contributed by atoms with Crippen molar-refractivity contribution in [2.75, 3.05) is 6.16 Å². The van der Waals surface area contributed by atoms with Gasteiger partial charge in [-0.05, 0) is 69.0 Å². The molecular formula is C35H42O4P+. The lowest BCUT2D eigenvalue weighted by molar-refractivity contribution is 0.341. The molecule has 0 aliphatic carbocycles. The van der Waals surface area contributed by atoms with Crippen LogP contribution in [-0.4, -0.2) is 26.6 Å². The molecule has 0 bridgehead atoms. The number of phenolic OH excluding ortho intramolecular Hbond substituents is 4. The van der Waals surface area contributed by atoms with Crippen LogP contribution in [0, 0.1) is 6.92 Å². The highest BCUT2D eigenvalue weighted by molar-refractivity contribution is 7.95. The highest BCUT2D eigenvalue weighted by Gasteiger charge is 2.44. The third-order valence-corrected chi connectivity index (χ3v) is 12.6. The van der Waals surface area contributed by atoms with Gasteiger partial charge >= 0.3 is 0 Å². The van der Waals surface area contributed by atoms with Crippen LogP contribution in [0.1, 0.15) is 62.5 Å². The molecule has 0 aliphatic heterocycles. The summed E-state index contributed by atoms with van der Waals surface area (Å²) in [6, 6.07) is 33.2. The second-order valence-corrected chi connectivity index (χ2v) is 14.2. The van der Waals surface area contributed by atoms with Gasteiger partial charge in [-0.15, -0.1) is 0 Å². The van der Waals surface area contributed by atoms with E-state index in [-0.39, 0.29) is 11.5 Å². The molecule has 0 aromatic heterocycles. The molecule has 0 radical (unpaired) electrons. The van der Waals surface area contributed by atoms with Gasteiger partial charge < -0.3 is 20.4 Å². The van der Waals surface area contributed by atoms with E-state index >= 15 is 0 Å². The zero-order chi connectivity index (χ0) is 28.4. The maximum absolute atomic E-state index is 10.2. The average molecular weight is 558 g/mol. The summed E-state index contributed by atoms with van der Waals surface area (Å²) < 4.78 is 0. The van der Waals surface area contributed by atoms with Crippen molar-refractivity contribution < 1.29 is 20.4 Å². The predicted octanol–water partition coefficient (Wildman–Crippen LogP) is 7.47. The summed E-state index contributed by atoms with van der Waals surface area (Å²) in [6.07, 6.45) is 10.7. The Labute approximate surface area is 239 Å². The Kier molecular flexibility index (Phi) is 10.5.